The van der Waals surface area contributed by atoms with E-state index < -0.39 is 6.10 Å². The lowest BCUT2D eigenvalue weighted by Crippen LogP contribution is -2.24. The van der Waals surface area contributed by atoms with Crippen LogP contribution in [-0.2, 0) is 24.1 Å². The molecule has 0 amide bonds. The SMILES string of the molecule is O=CO.O=c1[nH]c2c(O)ccc(C(O)CNCCc3ccc4c(c3)CCCC4)c2s1. The van der Waals surface area contributed by atoms with Crippen LogP contribution < -0.4 is 10.2 Å². The van der Waals surface area contributed by atoms with Gasteiger partial charge < -0.3 is 25.6 Å². The number of fused-ring (bicyclic) bond motifs is 2. The number of phenols is 1. The second-order valence-corrected chi connectivity index (χ2v) is 8.26. The van der Waals surface area contributed by atoms with Gasteiger partial charge in [0.25, 0.3) is 6.47 Å². The first-order valence-corrected chi connectivity index (χ1v) is 10.8. The molecule has 8 heteroatoms. The van der Waals surface area contributed by atoms with Crippen molar-refractivity contribution in [2.24, 2.45) is 0 Å². The molecular weight excluding hydrogens is 404 g/mol. The van der Waals surface area contributed by atoms with Crippen molar-refractivity contribution in [1.29, 1.82) is 0 Å². The van der Waals surface area contributed by atoms with Crippen molar-refractivity contribution < 1.29 is 20.1 Å². The van der Waals surface area contributed by atoms with Crippen LogP contribution in [0.2, 0.25) is 0 Å². The molecule has 0 saturated carbocycles. The smallest absolute Gasteiger partial charge is 0.305 e. The van der Waals surface area contributed by atoms with Crippen molar-refractivity contribution in [2.45, 2.75) is 38.2 Å². The maximum atomic E-state index is 11.6. The van der Waals surface area contributed by atoms with Crippen LogP contribution in [0.3, 0.4) is 0 Å². The van der Waals surface area contributed by atoms with Gasteiger partial charge in [-0.15, -0.1) is 0 Å². The highest BCUT2D eigenvalue weighted by Gasteiger charge is 2.16. The summed E-state index contributed by atoms with van der Waals surface area (Å²) in [6.07, 6.45) is 5.16. The van der Waals surface area contributed by atoms with Crippen molar-refractivity contribution in [3.05, 3.63) is 62.3 Å². The van der Waals surface area contributed by atoms with Crippen molar-refractivity contribution >= 4 is 28.0 Å². The molecule has 3 aromatic rings. The van der Waals surface area contributed by atoms with E-state index in [-0.39, 0.29) is 17.1 Å². The van der Waals surface area contributed by atoms with Gasteiger partial charge in [-0.2, -0.15) is 0 Å². The molecule has 0 aliphatic heterocycles. The van der Waals surface area contributed by atoms with Crippen LogP contribution in [0.5, 0.6) is 5.75 Å². The number of H-pyrrole nitrogens is 1. The molecule has 5 N–H and O–H groups in total. The van der Waals surface area contributed by atoms with Crippen LogP contribution in [0, 0.1) is 0 Å². The summed E-state index contributed by atoms with van der Waals surface area (Å²) in [6.45, 7) is 0.928. The first kappa shape index (κ1) is 22.0. The predicted octanol–water partition coefficient (Wildman–Crippen LogP) is 2.74. The highest BCUT2D eigenvalue weighted by molar-refractivity contribution is 7.16. The van der Waals surface area contributed by atoms with Crippen LogP contribution in [0.25, 0.3) is 10.2 Å². The van der Waals surface area contributed by atoms with Crippen molar-refractivity contribution in [2.75, 3.05) is 13.1 Å². The Balaban J connectivity index is 0.000000806. The summed E-state index contributed by atoms with van der Waals surface area (Å²) in [5, 5.41) is 30.6. The van der Waals surface area contributed by atoms with Crippen molar-refractivity contribution in [3.8, 4) is 5.75 Å². The van der Waals surface area contributed by atoms with Gasteiger partial charge >= 0.3 is 4.87 Å². The number of hydrogen-bond acceptors (Lipinski definition) is 6. The Hall–Kier alpha value is -2.68. The highest BCUT2D eigenvalue weighted by atomic mass is 32.1. The average molecular weight is 431 g/mol. The Morgan fingerprint density at radius 2 is 1.90 bits per heavy atom. The molecule has 0 radical (unpaired) electrons. The van der Waals surface area contributed by atoms with E-state index >= 15 is 0 Å². The molecule has 7 nitrogen and oxygen atoms in total. The number of aliphatic hydroxyl groups is 1. The van der Waals surface area contributed by atoms with Gasteiger partial charge in [-0.05, 0) is 61.4 Å². The molecule has 0 spiro atoms. The van der Waals surface area contributed by atoms with E-state index in [1.165, 1.54) is 48.4 Å². The van der Waals surface area contributed by atoms with Crippen LogP contribution in [0.4, 0.5) is 0 Å². The number of benzene rings is 2. The lowest BCUT2D eigenvalue weighted by molar-refractivity contribution is -0.122. The van der Waals surface area contributed by atoms with Gasteiger partial charge in [0.2, 0.25) is 0 Å². The molecule has 30 heavy (non-hydrogen) atoms. The number of aryl methyl sites for hydroxylation is 2. The molecule has 0 saturated heterocycles. The van der Waals surface area contributed by atoms with Gasteiger partial charge in [-0.25, -0.2) is 0 Å². The van der Waals surface area contributed by atoms with Crippen LogP contribution in [0.15, 0.2) is 35.1 Å². The topological polar surface area (TPSA) is 123 Å². The standard InChI is InChI=1S/C21H24N2O3S.CH2O2/c24-17-8-7-16(20-19(17)23-21(26)27-20)18(25)12-22-10-9-13-5-6-14-3-1-2-4-15(14)11-13;2-1-3/h5-8,11,18,22,24-25H,1-4,9-10,12H2,(H,23,26);1H,(H,2,3). The molecule has 0 fully saturated rings. The Bertz CT molecular complexity index is 1060. The number of carboxylic acid groups (broad SMARTS) is 1. The molecule has 1 unspecified atom stereocenters. The molecule has 4 rings (SSSR count). The molecule has 0 bridgehead atoms. The van der Waals surface area contributed by atoms with E-state index in [9.17, 15) is 15.0 Å². The lowest BCUT2D eigenvalue weighted by atomic mass is 9.90. The minimum atomic E-state index is -0.733. The predicted molar refractivity (Wildman–Crippen MR) is 117 cm³/mol. The summed E-state index contributed by atoms with van der Waals surface area (Å²) in [6, 6.07) is 9.99. The first-order valence-electron chi connectivity index (χ1n) is 9.95. The third-order valence-electron chi connectivity index (χ3n) is 5.29. The van der Waals surface area contributed by atoms with Gasteiger partial charge in [0.05, 0.1) is 10.8 Å². The van der Waals surface area contributed by atoms with Crippen LogP contribution in [-0.4, -0.2) is 39.9 Å². The summed E-state index contributed by atoms with van der Waals surface area (Å²) in [4.78, 5) is 22.3. The normalized spacial score (nSPS) is 13.9. The van der Waals surface area contributed by atoms with E-state index in [0.29, 0.717) is 22.3 Å². The van der Waals surface area contributed by atoms with Crippen LogP contribution in [0.1, 0.15) is 41.2 Å². The molecule has 1 heterocycles. The van der Waals surface area contributed by atoms with E-state index in [1.54, 1.807) is 6.07 Å². The Morgan fingerprint density at radius 1 is 1.17 bits per heavy atom. The number of aliphatic hydroxyl groups excluding tert-OH is 1. The Morgan fingerprint density at radius 3 is 2.67 bits per heavy atom. The fourth-order valence-electron chi connectivity index (χ4n) is 3.83. The second kappa shape index (κ2) is 10.4. The van der Waals surface area contributed by atoms with Gasteiger partial charge in [0.1, 0.15) is 11.3 Å². The number of aromatic nitrogens is 1. The quantitative estimate of drug-likeness (QED) is 0.303. The maximum Gasteiger partial charge on any atom is 0.305 e. The Kier molecular flexibility index (Phi) is 7.62. The van der Waals surface area contributed by atoms with Gasteiger partial charge in [-0.3, -0.25) is 9.59 Å². The molecule has 1 atom stereocenters. The summed E-state index contributed by atoms with van der Waals surface area (Å²) in [5.74, 6) is 0.0275. The number of aromatic amines is 1. The van der Waals surface area contributed by atoms with E-state index in [0.717, 1.165) is 24.3 Å². The average Bonchev–Trinajstić information content (AvgIpc) is 3.14. The summed E-state index contributed by atoms with van der Waals surface area (Å²) in [7, 11) is 0. The first-order chi connectivity index (χ1) is 14.5. The minimum Gasteiger partial charge on any atom is -0.506 e. The zero-order valence-corrected chi connectivity index (χ0v) is 17.4. The molecule has 1 aliphatic rings. The number of phenolic OH excluding ortho intramolecular Hbond substituents is 1. The summed E-state index contributed by atoms with van der Waals surface area (Å²) in [5.41, 5.74) is 5.37. The van der Waals surface area contributed by atoms with E-state index in [2.05, 4.69) is 28.5 Å². The number of thiazole rings is 1. The van der Waals surface area contributed by atoms with Crippen molar-refractivity contribution in [1.82, 2.24) is 10.3 Å². The second-order valence-electron chi connectivity index (χ2n) is 7.28. The lowest BCUT2D eigenvalue weighted by Gasteiger charge is -2.17. The number of rotatable bonds is 6. The fourth-order valence-corrected chi connectivity index (χ4v) is 4.74. The van der Waals surface area contributed by atoms with Gasteiger partial charge in [0, 0.05) is 12.1 Å². The molecule has 160 valence electrons. The van der Waals surface area contributed by atoms with Crippen molar-refractivity contribution in [3.63, 3.8) is 0 Å². The van der Waals surface area contributed by atoms with Crippen LogP contribution >= 0.6 is 11.3 Å². The largest absolute Gasteiger partial charge is 0.506 e. The molecule has 2 aromatic carbocycles. The zero-order chi connectivity index (χ0) is 21.5. The van der Waals surface area contributed by atoms with E-state index in [4.69, 9.17) is 9.90 Å². The zero-order valence-electron chi connectivity index (χ0n) is 16.6. The van der Waals surface area contributed by atoms with Gasteiger partial charge in [-0.1, -0.05) is 35.6 Å². The molecule has 1 aromatic heterocycles. The number of aromatic hydroxyl groups is 1. The molecular formula is C22H26N2O5S. The van der Waals surface area contributed by atoms with Gasteiger partial charge in [0.15, 0.2) is 0 Å². The summed E-state index contributed by atoms with van der Waals surface area (Å²) < 4.78 is 0.615. The number of nitrogens with one attached hydrogen (secondary N) is 2. The third kappa shape index (κ3) is 5.27. The molecule has 1 aliphatic carbocycles. The fraction of sp³-hybridized carbons (Fsp3) is 0.364. The maximum absolute atomic E-state index is 11.6. The number of hydrogen-bond donors (Lipinski definition) is 5. The van der Waals surface area contributed by atoms with E-state index in [1.807, 2.05) is 0 Å². The minimum absolute atomic E-state index is 0.0275. The highest BCUT2D eigenvalue weighted by Crippen LogP contribution is 2.31. The number of carbonyl (C=O) groups is 1. The Labute approximate surface area is 178 Å². The summed E-state index contributed by atoms with van der Waals surface area (Å²) >= 11 is 1.01. The third-order valence-corrected chi connectivity index (χ3v) is 6.22. The monoisotopic (exact) mass is 430 g/mol.